The molecule has 1 amide bonds. The summed E-state index contributed by atoms with van der Waals surface area (Å²) < 4.78 is 5.18. The number of furan rings is 1. The monoisotopic (exact) mass is 280 g/mol. The Morgan fingerprint density at radius 1 is 1.47 bits per heavy atom. The van der Waals surface area contributed by atoms with Crippen LogP contribution in [0.15, 0.2) is 16.5 Å². The zero-order chi connectivity index (χ0) is 12.0. The highest BCUT2D eigenvalue weighted by atomic mass is 35.5. The number of amides is 1. The fourth-order valence-corrected chi connectivity index (χ4v) is 1.41. The van der Waals surface area contributed by atoms with Gasteiger partial charge in [0.15, 0.2) is 5.22 Å². The van der Waals surface area contributed by atoms with Crippen molar-refractivity contribution in [2.45, 2.75) is 19.4 Å². The van der Waals surface area contributed by atoms with Crippen molar-refractivity contribution in [3.8, 4) is 0 Å². The van der Waals surface area contributed by atoms with Crippen LogP contribution in [0.3, 0.4) is 0 Å². The Morgan fingerprint density at radius 3 is 2.71 bits per heavy atom. The number of halogens is 2. The number of hydrogen-bond donors (Lipinski definition) is 1. The molecule has 17 heavy (non-hydrogen) atoms. The summed E-state index contributed by atoms with van der Waals surface area (Å²) in [6.45, 7) is 1.43. The Kier molecular flexibility index (Phi) is 8.04. The lowest BCUT2D eigenvalue weighted by Crippen LogP contribution is -2.23. The zero-order valence-corrected chi connectivity index (χ0v) is 11.6. The molecule has 0 aliphatic carbocycles. The summed E-state index contributed by atoms with van der Waals surface area (Å²) in [5.74, 6) is 0.965. The molecule has 1 aromatic heterocycles. The third-order valence-corrected chi connectivity index (χ3v) is 2.37. The van der Waals surface area contributed by atoms with E-state index < -0.39 is 0 Å². The van der Waals surface area contributed by atoms with Gasteiger partial charge in [-0.05, 0) is 36.7 Å². The topological polar surface area (TPSA) is 45.5 Å². The van der Waals surface area contributed by atoms with Gasteiger partial charge in [-0.3, -0.25) is 4.79 Å². The van der Waals surface area contributed by atoms with Crippen LogP contribution in [0, 0.1) is 0 Å². The lowest BCUT2D eigenvalue weighted by molar-refractivity contribution is -0.128. The summed E-state index contributed by atoms with van der Waals surface area (Å²) in [6, 6.07) is 3.55. The molecule has 1 heterocycles. The van der Waals surface area contributed by atoms with Crippen LogP contribution in [0.25, 0.3) is 0 Å². The second-order valence-corrected chi connectivity index (χ2v) is 4.15. The molecule has 0 fully saturated rings. The van der Waals surface area contributed by atoms with Crippen molar-refractivity contribution in [1.82, 2.24) is 10.2 Å². The molecule has 0 radical (unpaired) electrons. The molecule has 0 saturated carbocycles. The van der Waals surface area contributed by atoms with E-state index in [2.05, 4.69) is 5.32 Å². The summed E-state index contributed by atoms with van der Waals surface area (Å²) in [5.41, 5.74) is 0. The van der Waals surface area contributed by atoms with E-state index in [4.69, 9.17) is 16.0 Å². The fourth-order valence-electron chi connectivity index (χ4n) is 1.25. The van der Waals surface area contributed by atoms with Crippen LogP contribution in [0.2, 0.25) is 5.22 Å². The minimum absolute atomic E-state index is 0. The maximum atomic E-state index is 11.2. The Bertz CT molecular complexity index is 340. The van der Waals surface area contributed by atoms with Crippen LogP contribution in [0.5, 0.6) is 0 Å². The van der Waals surface area contributed by atoms with Crippen molar-refractivity contribution >= 4 is 29.9 Å². The van der Waals surface area contributed by atoms with Crippen LogP contribution >= 0.6 is 24.0 Å². The smallest absolute Gasteiger partial charge is 0.222 e. The molecule has 0 aliphatic heterocycles. The van der Waals surface area contributed by atoms with Gasteiger partial charge in [-0.2, -0.15) is 0 Å². The van der Waals surface area contributed by atoms with E-state index in [1.165, 1.54) is 0 Å². The first kappa shape index (κ1) is 16.3. The number of carbonyl (C=O) groups is 1. The van der Waals surface area contributed by atoms with Gasteiger partial charge in [-0.1, -0.05) is 0 Å². The minimum atomic E-state index is 0. The van der Waals surface area contributed by atoms with Gasteiger partial charge < -0.3 is 14.6 Å². The second kappa shape index (κ2) is 8.39. The standard InChI is InChI=1S/C11H17ClN2O2.ClH/c1-14(2)11(15)4-3-7-13-8-9-5-6-10(12)16-9;/h5-6,13H,3-4,7-8H2,1-2H3;1H. The lowest BCUT2D eigenvalue weighted by Gasteiger charge is -2.09. The summed E-state index contributed by atoms with van der Waals surface area (Å²) in [4.78, 5) is 12.8. The maximum absolute atomic E-state index is 11.2. The molecule has 6 heteroatoms. The summed E-state index contributed by atoms with van der Waals surface area (Å²) >= 11 is 5.63. The van der Waals surface area contributed by atoms with Crippen molar-refractivity contribution in [2.24, 2.45) is 0 Å². The first-order valence-electron chi connectivity index (χ1n) is 5.24. The lowest BCUT2D eigenvalue weighted by atomic mass is 10.3. The Morgan fingerprint density at radius 2 is 2.18 bits per heavy atom. The largest absolute Gasteiger partial charge is 0.448 e. The van der Waals surface area contributed by atoms with Crippen LogP contribution < -0.4 is 5.32 Å². The number of nitrogens with zero attached hydrogens (tertiary/aromatic N) is 1. The predicted octanol–water partition coefficient (Wildman–Crippen LogP) is 2.31. The quantitative estimate of drug-likeness (QED) is 0.814. The van der Waals surface area contributed by atoms with E-state index in [1.54, 1.807) is 25.1 Å². The third kappa shape index (κ3) is 6.56. The molecule has 0 aromatic carbocycles. The van der Waals surface area contributed by atoms with Crippen molar-refractivity contribution in [1.29, 1.82) is 0 Å². The van der Waals surface area contributed by atoms with Gasteiger partial charge in [0.2, 0.25) is 5.91 Å². The highest BCUT2D eigenvalue weighted by Crippen LogP contribution is 2.12. The molecule has 0 atom stereocenters. The van der Waals surface area contributed by atoms with Gasteiger partial charge >= 0.3 is 0 Å². The molecule has 0 spiro atoms. The first-order valence-corrected chi connectivity index (χ1v) is 5.62. The highest BCUT2D eigenvalue weighted by molar-refractivity contribution is 6.28. The molecular formula is C11H18Cl2N2O2. The molecule has 0 bridgehead atoms. The Hall–Kier alpha value is -0.710. The zero-order valence-electron chi connectivity index (χ0n) is 10.0. The molecular weight excluding hydrogens is 263 g/mol. The normalized spacial score (nSPS) is 9.82. The minimum Gasteiger partial charge on any atom is -0.448 e. The van der Waals surface area contributed by atoms with Crippen LogP contribution in [-0.2, 0) is 11.3 Å². The van der Waals surface area contributed by atoms with Gasteiger partial charge in [-0.25, -0.2) is 0 Å². The fraction of sp³-hybridized carbons (Fsp3) is 0.545. The molecule has 98 valence electrons. The molecule has 0 aliphatic rings. The van der Waals surface area contributed by atoms with Crippen molar-refractivity contribution in [3.05, 3.63) is 23.1 Å². The van der Waals surface area contributed by atoms with E-state index >= 15 is 0 Å². The summed E-state index contributed by atoms with van der Waals surface area (Å²) in [7, 11) is 3.53. The number of rotatable bonds is 6. The van der Waals surface area contributed by atoms with Crippen LogP contribution in [0.1, 0.15) is 18.6 Å². The number of hydrogen-bond acceptors (Lipinski definition) is 3. The van der Waals surface area contributed by atoms with Crippen molar-refractivity contribution < 1.29 is 9.21 Å². The van der Waals surface area contributed by atoms with Gasteiger partial charge in [0.1, 0.15) is 5.76 Å². The molecule has 1 N–H and O–H groups in total. The van der Waals surface area contributed by atoms with E-state index in [0.29, 0.717) is 18.2 Å². The molecule has 0 unspecified atom stereocenters. The summed E-state index contributed by atoms with van der Waals surface area (Å²) in [5, 5.41) is 3.59. The van der Waals surface area contributed by atoms with Crippen molar-refractivity contribution in [3.63, 3.8) is 0 Å². The SMILES string of the molecule is CN(C)C(=O)CCCNCc1ccc(Cl)o1.Cl. The molecule has 1 aromatic rings. The van der Waals surface area contributed by atoms with Crippen LogP contribution in [0.4, 0.5) is 0 Å². The summed E-state index contributed by atoms with van der Waals surface area (Å²) in [6.07, 6.45) is 1.39. The highest BCUT2D eigenvalue weighted by Gasteiger charge is 2.03. The van der Waals surface area contributed by atoms with E-state index in [0.717, 1.165) is 18.7 Å². The van der Waals surface area contributed by atoms with Crippen LogP contribution in [-0.4, -0.2) is 31.4 Å². The van der Waals surface area contributed by atoms with Gasteiger partial charge in [0.25, 0.3) is 0 Å². The molecule has 4 nitrogen and oxygen atoms in total. The first-order chi connectivity index (χ1) is 7.59. The average Bonchev–Trinajstić information content (AvgIpc) is 2.63. The van der Waals surface area contributed by atoms with Crippen molar-refractivity contribution in [2.75, 3.05) is 20.6 Å². The van der Waals surface area contributed by atoms with E-state index in [9.17, 15) is 4.79 Å². The molecule has 0 saturated heterocycles. The predicted molar refractivity (Wildman–Crippen MR) is 70.6 cm³/mol. The van der Waals surface area contributed by atoms with Gasteiger partial charge in [0, 0.05) is 20.5 Å². The van der Waals surface area contributed by atoms with Gasteiger partial charge in [0.05, 0.1) is 6.54 Å². The average molecular weight is 281 g/mol. The van der Waals surface area contributed by atoms with E-state index in [1.807, 2.05) is 6.07 Å². The third-order valence-electron chi connectivity index (χ3n) is 2.17. The molecule has 1 rings (SSSR count). The Labute approximate surface area is 113 Å². The second-order valence-electron chi connectivity index (χ2n) is 3.77. The number of carbonyl (C=O) groups excluding carboxylic acids is 1. The van der Waals surface area contributed by atoms with E-state index in [-0.39, 0.29) is 18.3 Å². The Balaban J connectivity index is 0.00000256. The number of nitrogens with one attached hydrogen (secondary N) is 1. The maximum Gasteiger partial charge on any atom is 0.222 e. The van der Waals surface area contributed by atoms with Gasteiger partial charge in [-0.15, -0.1) is 12.4 Å².